The van der Waals surface area contributed by atoms with Gasteiger partial charge >= 0.3 is 0 Å². The zero-order chi connectivity index (χ0) is 9.84. The summed E-state index contributed by atoms with van der Waals surface area (Å²) in [5, 5.41) is -0.0967. The molecule has 0 heterocycles. The van der Waals surface area contributed by atoms with E-state index in [1.807, 2.05) is 31.2 Å². The summed E-state index contributed by atoms with van der Waals surface area (Å²) in [6.45, 7) is 2.04. The lowest BCUT2D eigenvalue weighted by Gasteiger charge is -2.10. The van der Waals surface area contributed by atoms with Crippen LogP contribution in [0.3, 0.4) is 0 Å². The van der Waals surface area contributed by atoms with E-state index < -0.39 is 4.84 Å². The van der Waals surface area contributed by atoms with Crippen molar-refractivity contribution in [3.63, 3.8) is 0 Å². The molecule has 1 rings (SSSR count). The average molecular weight is 238 g/mol. The third kappa shape index (κ3) is 3.76. The van der Waals surface area contributed by atoms with Crippen molar-refractivity contribution in [1.29, 1.82) is 0 Å². The van der Waals surface area contributed by atoms with Crippen LogP contribution in [0.15, 0.2) is 24.3 Å². The SMILES string of the molecule is Cc1ccc(C(Cl)CC(Cl)Cl)cc1. The molecule has 1 aromatic carbocycles. The van der Waals surface area contributed by atoms with Crippen LogP contribution in [0.1, 0.15) is 22.9 Å². The van der Waals surface area contributed by atoms with Crippen molar-refractivity contribution in [2.75, 3.05) is 0 Å². The summed E-state index contributed by atoms with van der Waals surface area (Å²) in [5.74, 6) is 0. The van der Waals surface area contributed by atoms with Gasteiger partial charge < -0.3 is 0 Å². The number of halogens is 3. The maximum absolute atomic E-state index is 6.08. The Morgan fingerprint density at radius 3 is 2.08 bits per heavy atom. The van der Waals surface area contributed by atoms with Gasteiger partial charge in [0.15, 0.2) is 0 Å². The molecule has 0 nitrogen and oxygen atoms in total. The van der Waals surface area contributed by atoms with Crippen molar-refractivity contribution in [1.82, 2.24) is 0 Å². The van der Waals surface area contributed by atoms with Gasteiger partial charge in [-0.1, -0.05) is 29.8 Å². The molecule has 0 radical (unpaired) electrons. The van der Waals surface area contributed by atoms with Crippen molar-refractivity contribution in [2.45, 2.75) is 23.6 Å². The van der Waals surface area contributed by atoms with E-state index in [0.29, 0.717) is 6.42 Å². The van der Waals surface area contributed by atoms with Gasteiger partial charge in [0.25, 0.3) is 0 Å². The second-order valence-electron chi connectivity index (χ2n) is 3.01. The van der Waals surface area contributed by atoms with Gasteiger partial charge in [0.05, 0.1) is 5.38 Å². The lowest BCUT2D eigenvalue weighted by molar-refractivity contribution is 0.857. The molecular weight excluding hydrogens is 226 g/mol. The van der Waals surface area contributed by atoms with Crippen molar-refractivity contribution < 1.29 is 0 Å². The monoisotopic (exact) mass is 236 g/mol. The van der Waals surface area contributed by atoms with E-state index in [1.54, 1.807) is 0 Å². The molecule has 1 unspecified atom stereocenters. The predicted octanol–water partition coefficient (Wildman–Crippen LogP) is 4.47. The second-order valence-corrected chi connectivity index (χ2v) is 4.81. The molecule has 72 valence electrons. The second kappa shape index (κ2) is 5.09. The van der Waals surface area contributed by atoms with E-state index in [1.165, 1.54) is 5.56 Å². The summed E-state index contributed by atoms with van der Waals surface area (Å²) in [5.41, 5.74) is 2.29. The summed E-state index contributed by atoms with van der Waals surface area (Å²) >= 11 is 17.4. The Morgan fingerprint density at radius 2 is 1.62 bits per heavy atom. The van der Waals surface area contributed by atoms with E-state index in [4.69, 9.17) is 34.8 Å². The first-order chi connectivity index (χ1) is 6.09. The van der Waals surface area contributed by atoms with Crippen LogP contribution in [0, 0.1) is 6.92 Å². The molecule has 0 N–H and O–H groups in total. The maximum Gasteiger partial charge on any atom is 0.109 e. The zero-order valence-electron chi connectivity index (χ0n) is 7.31. The molecule has 1 atom stereocenters. The highest BCUT2D eigenvalue weighted by molar-refractivity contribution is 6.44. The molecule has 3 heteroatoms. The molecule has 0 bridgehead atoms. The molecule has 0 spiro atoms. The topological polar surface area (TPSA) is 0 Å². The Bertz CT molecular complexity index is 253. The quantitative estimate of drug-likeness (QED) is 0.681. The van der Waals surface area contributed by atoms with Gasteiger partial charge in [0.2, 0.25) is 0 Å². The smallest absolute Gasteiger partial charge is 0.109 e. The van der Waals surface area contributed by atoms with Crippen LogP contribution in [-0.2, 0) is 0 Å². The van der Waals surface area contributed by atoms with Gasteiger partial charge in [-0.2, -0.15) is 0 Å². The Morgan fingerprint density at radius 1 is 1.08 bits per heavy atom. The van der Waals surface area contributed by atoms with Crippen molar-refractivity contribution in [3.05, 3.63) is 35.4 Å². The van der Waals surface area contributed by atoms with Gasteiger partial charge in [-0.15, -0.1) is 34.8 Å². The summed E-state index contributed by atoms with van der Waals surface area (Å²) in [6, 6.07) is 8.07. The van der Waals surface area contributed by atoms with Gasteiger partial charge in [-0.25, -0.2) is 0 Å². The highest BCUT2D eigenvalue weighted by atomic mass is 35.5. The Balaban J connectivity index is 2.66. The summed E-state index contributed by atoms with van der Waals surface area (Å²) in [7, 11) is 0. The molecule has 0 aliphatic carbocycles. The first kappa shape index (κ1) is 11.2. The third-order valence-corrected chi connectivity index (χ3v) is 2.61. The normalized spacial score (nSPS) is 13.3. The fourth-order valence-corrected chi connectivity index (χ4v) is 1.93. The highest BCUT2D eigenvalue weighted by Gasteiger charge is 2.11. The van der Waals surface area contributed by atoms with Crippen LogP contribution in [0.2, 0.25) is 0 Å². The molecule has 0 amide bonds. The van der Waals surface area contributed by atoms with E-state index in [0.717, 1.165) is 5.56 Å². The van der Waals surface area contributed by atoms with Crippen LogP contribution in [0.5, 0.6) is 0 Å². The fraction of sp³-hybridized carbons (Fsp3) is 0.400. The predicted molar refractivity (Wildman–Crippen MR) is 59.9 cm³/mol. The van der Waals surface area contributed by atoms with Gasteiger partial charge in [0, 0.05) is 0 Å². The van der Waals surface area contributed by atoms with Crippen molar-refractivity contribution >= 4 is 34.8 Å². The van der Waals surface area contributed by atoms with Crippen LogP contribution >= 0.6 is 34.8 Å². The Labute approximate surface area is 93.8 Å². The largest absolute Gasteiger partial charge is 0.118 e. The van der Waals surface area contributed by atoms with Gasteiger partial charge in [-0.05, 0) is 18.9 Å². The molecule has 0 aliphatic heterocycles. The van der Waals surface area contributed by atoms with E-state index in [-0.39, 0.29) is 5.38 Å². The van der Waals surface area contributed by atoms with Crippen molar-refractivity contribution in [2.24, 2.45) is 0 Å². The molecule has 0 aromatic heterocycles. The Kier molecular flexibility index (Phi) is 4.37. The summed E-state index contributed by atoms with van der Waals surface area (Å²) in [4.78, 5) is -0.399. The molecular formula is C10H11Cl3. The molecule has 13 heavy (non-hydrogen) atoms. The fourth-order valence-electron chi connectivity index (χ4n) is 1.07. The number of hydrogen-bond donors (Lipinski definition) is 0. The van der Waals surface area contributed by atoms with Crippen LogP contribution in [0.25, 0.3) is 0 Å². The Hall–Kier alpha value is 0.0900. The first-order valence-corrected chi connectivity index (χ1v) is 5.39. The van der Waals surface area contributed by atoms with E-state index >= 15 is 0 Å². The van der Waals surface area contributed by atoms with E-state index in [9.17, 15) is 0 Å². The number of benzene rings is 1. The summed E-state index contributed by atoms with van der Waals surface area (Å²) < 4.78 is 0. The maximum atomic E-state index is 6.08. The lowest BCUT2D eigenvalue weighted by Crippen LogP contribution is -1.96. The third-order valence-electron chi connectivity index (χ3n) is 1.82. The van der Waals surface area contributed by atoms with Crippen LogP contribution in [-0.4, -0.2) is 4.84 Å². The lowest BCUT2D eigenvalue weighted by atomic mass is 10.1. The minimum atomic E-state index is -0.399. The first-order valence-electron chi connectivity index (χ1n) is 4.08. The molecule has 0 fully saturated rings. The molecule has 0 saturated carbocycles. The number of hydrogen-bond acceptors (Lipinski definition) is 0. The minimum Gasteiger partial charge on any atom is -0.118 e. The number of aryl methyl sites for hydroxylation is 1. The highest BCUT2D eigenvalue weighted by Crippen LogP contribution is 2.28. The average Bonchev–Trinajstić information content (AvgIpc) is 2.04. The summed E-state index contributed by atoms with van der Waals surface area (Å²) in [6.07, 6.45) is 0.577. The van der Waals surface area contributed by atoms with Gasteiger partial charge in [-0.3, -0.25) is 0 Å². The molecule has 1 aromatic rings. The standard InChI is InChI=1S/C10H11Cl3/c1-7-2-4-8(5-3-7)9(11)6-10(12)13/h2-5,9-10H,6H2,1H3. The van der Waals surface area contributed by atoms with Crippen LogP contribution < -0.4 is 0 Å². The number of alkyl halides is 3. The van der Waals surface area contributed by atoms with Crippen LogP contribution in [0.4, 0.5) is 0 Å². The molecule has 0 saturated heterocycles. The zero-order valence-corrected chi connectivity index (χ0v) is 9.57. The minimum absolute atomic E-state index is 0.0967. The van der Waals surface area contributed by atoms with Crippen molar-refractivity contribution in [3.8, 4) is 0 Å². The number of rotatable bonds is 3. The van der Waals surface area contributed by atoms with E-state index in [2.05, 4.69) is 0 Å². The van der Waals surface area contributed by atoms with Gasteiger partial charge in [0.1, 0.15) is 4.84 Å². The molecule has 0 aliphatic rings.